The molecule has 1 aromatic carbocycles. The Labute approximate surface area is 135 Å². The highest BCUT2D eigenvalue weighted by molar-refractivity contribution is 5.89. The van der Waals surface area contributed by atoms with E-state index in [0.717, 1.165) is 13.0 Å². The van der Waals surface area contributed by atoms with Crippen LogP contribution in [-0.2, 0) is 6.42 Å². The first-order valence-corrected chi connectivity index (χ1v) is 8.46. The van der Waals surface area contributed by atoms with E-state index in [-0.39, 0.29) is 0 Å². The molecule has 0 saturated carbocycles. The summed E-state index contributed by atoms with van der Waals surface area (Å²) in [5.41, 5.74) is 5.38. The molecule has 0 bridgehead atoms. The SMILES string of the molecule is C/C=C/C=C(\C=NCCCCCC)C1=Cc2ccccc2C1. The molecule has 1 aromatic rings. The second-order valence-corrected chi connectivity index (χ2v) is 5.79. The molecule has 0 aromatic heterocycles. The number of hydrogen-bond donors (Lipinski definition) is 0. The van der Waals surface area contributed by atoms with E-state index >= 15 is 0 Å². The van der Waals surface area contributed by atoms with E-state index in [2.05, 4.69) is 66.7 Å². The number of fused-ring (bicyclic) bond motifs is 1. The largest absolute Gasteiger partial charge is 0.293 e. The van der Waals surface area contributed by atoms with Crippen LogP contribution in [0.1, 0.15) is 50.7 Å². The average Bonchev–Trinajstić information content (AvgIpc) is 2.97. The highest BCUT2D eigenvalue weighted by Gasteiger charge is 2.13. The third-order valence-electron chi connectivity index (χ3n) is 3.98. The number of aliphatic imine (C=N–C) groups is 1. The quantitative estimate of drug-likeness (QED) is 0.327. The molecule has 0 aliphatic heterocycles. The van der Waals surface area contributed by atoms with Gasteiger partial charge in [-0.25, -0.2) is 0 Å². The molecular formula is C21H27N. The third kappa shape index (κ3) is 4.84. The monoisotopic (exact) mass is 293 g/mol. The second-order valence-electron chi connectivity index (χ2n) is 5.79. The number of allylic oxidation sites excluding steroid dienone is 5. The summed E-state index contributed by atoms with van der Waals surface area (Å²) in [6.07, 6.45) is 16.8. The molecule has 1 heteroatoms. The topological polar surface area (TPSA) is 12.4 Å². The smallest absolute Gasteiger partial charge is 0.0389 e. The molecule has 2 rings (SSSR count). The molecular weight excluding hydrogens is 266 g/mol. The van der Waals surface area contributed by atoms with Crippen LogP contribution in [0.2, 0.25) is 0 Å². The summed E-state index contributed by atoms with van der Waals surface area (Å²) in [5.74, 6) is 0. The molecule has 22 heavy (non-hydrogen) atoms. The maximum Gasteiger partial charge on any atom is 0.0389 e. The minimum Gasteiger partial charge on any atom is -0.293 e. The van der Waals surface area contributed by atoms with Crippen LogP contribution in [0.5, 0.6) is 0 Å². The fourth-order valence-corrected chi connectivity index (χ4v) is 2.69. The zero-order chi connectivity index (χ0) is 15.6. The minimum absolute atomic E-state index is 0.938. The zero-order valence-corrected chi connectivity index (χ0v) is 13.9. The fourth-order valence-electron chi connectivity index (χ4n) is 2.69. The molecule has 0 spiro atoms. The van der Waals surface area contributed by atoms with Gasteiger partial charge in [-0.1, -0.05) is 74.8 Å². The summed E-state index contributed by atoms with van der Waals surface area (Å²) in [6, 6.07) is 8.63. The summed E-state index contributed by atoms with van der Waals surface area (Å²) in [6.45, 7) is 5.23. The van der Waals surface area contributed by atoms with Gasteiger partial charge in [-0.3, -0.25) is 4.99 Å². The van der Waals surface area contributed by atoms with Crippen molar-refractivity contribution in [1.82, 2.24) is 0 Å². The lowest BCUT2D eigenvalue weighted by Gasteiger charge is -2.03. The lowest BCUT2D eigenvalue weighted by atomic mass is 10.0. The Kier molecular flexibility index (Phi) is 6.89. The average molecular weight is 293 g/mol. The van der Waals surface area contributed by atoms with Crippen molar-refractivity contribution in [3.05, 3.63) is 64.8 Å². The van der Waals surface area contributed by atoms with Gasteiger partial charge in [-0.2, -0.15) is 0 Å². The molecule has 0 fully saturated rings. The van der Waals surface area contributed by atoms with Gasteiger partial charge in [-0.15, -0.1) is 0 Å². The first-order chi connectivity index (χ1) is 10.8. The van der Waals surface area contributed by atoms with Crippen LogP contribution in [0.25, 0.3) is 6.08 Å². The summed E-state index contributed by atoms with van der Waals surface area (Å²) >= 11 is 0. The van der Waals surface area contributed by atoms with E-state index in [1.54, 1.807) is 0 Å². The molecule has 0 amide bonds. The minimum atomic E-state index is 0.938. The number of unbranched alkanes of at least 4 members (excludes halogenated alkanes) is 3. The molecule has 0 atom stereocenters. The van der Waals surface area contributed by atoms with Gasteiger partial charge in [0.25, 0.3) is 0 Å². The summed E-state index contributed by atoms with van der Waals surface area (Å²) < 4.78 is 0. The highest BCUT2D eigenvalue weighted by Crippen LogP contribution is 2.28. The van der Waals surface area contributed by atoms with Crippen LogP contribution in [0, 0.1) is 0 Å². The standard InChI is InChI=1S/C21H27N/c1-3-5-7-10-14-22-17-20(11-6-4-2)21-15-18-12-8-9-13-19(18)16-21/h4,6,8-9,11-13,15,17H,3,5,7,10,14,16H2,1-2H3/b6-4+,20-11+,22-17?. The van der Waals surface area contributed by atoms with Crippen LogP contribution in [0.4, 0.5) is 0 Å². The Morgan fingerprint density at radius 3 is 2.82 bits per heavy atom. The normalized spacial score (nSPS) is 14.8. The zero-order valence-electron chi connectivity index (χ0n) is 13.9. The van der Waals surface area contributed by atoms with Crippen molar-refractivity contribution in [2.75, 3.05) is 6.54 Å². The number of rotatable bonds is 8. The fraction of sp³-hybridized carbons (Fsp3) is 0.381. The van der Waals surface area contributed by atoms with Crippen molar-refractivity contribution in [3.8, 4) is 0 Å². The van der Waals surface area contributed by atoms with E-state index in [4.69, 9.17) is 0 Å². The van der Waals surface area contributed by atoms with Crippen molar-refractivity contribution in [1.29, 1.82) is 0 Å². The molecule has 1 aliphatic carbocycles. The lowest BCUT2D eigenvalue weighted by molar-refractivity contribution is 0.676. The van der Waals surface area contributed by atoms with Gasteiger partial charge in [0.1, 0.15) is 0 Å². The van der Waals surface area contributed by atoms with E-state index in [1.807, 2.05) is 6.92 Å². The number of hydrogen-bond acceptors (Lipinski definition) is 1. The molecule has 116 valence electrons. The first kappa shape index (κ1) is 16.5. The van der Waals surface area contributed by atoms with E-state index in [9.17, 15) is 0 Å². The lowest BCUT2D eigenvalue weighted by Crippen LogP contribution is -1.93. The van der Waals surface area contributed by atoms with E-state index < -0.39 is 0 Å². The molecule has 0 radical (unpaired) electrons. The maximum atomic E-state index is 4.64. The van der Waals surface area contributed by atoms with Crippen LogP contribution in [0.15, 0.2) is 58.6 Å². The Balaban J connectivity index is 2.01. The van der Waals surface area contributed by atoms with Crippen molar-refractivity contribution in [2.24, 2.45) is 4.99 Å². The molecule has 0 unspecified atom stereocenters. The Morgan fingerprint density at radius 2 is 2.05 bits per heavy atom. The van der Waals surface area contributed by atoms with Crippen molar-refractivity contribution in [3.63, 3.8) is 0 Å². The number of nitrogens with zero attached hydrogens (tertiary/aromatic N) is 1. The summed E-state index contributed by atoms with van der Waals surface area (Å²) in [7, 11) is 0. The Hall–Kier alpha value is -1.89. The van der Waals surface area contributed by atoms with Gasteiger partial charge in [0.15, 0.2) is 0 Å². The summed E-state index contributed by atoms with van der Waals surface area (Å²) in [4.78, 5) is 4.64. The van der Waals surface area contributed by atoms with Crippen LogP contribution in [-0.4, -0.2) is 12.8 Å². The van der Waals surface area contributed by atoms with Crippen LogP contribution in [0.3, 0.4) is 0 Å². The second kappa shape index (κ2) is 9.19. The van der Waals surface area contributed by atoms with Crippen LogP contribution < -0.4 is 0 Å². The predicted molar refractivity (Wildman–Crippen MR) is 98.5 cm³/mol. The third-order valence-corrected chi connectivity index (χ3v) is 3.98. The highest BCUT2D eigenvalue weighted by atomic mass is 14.7. The molecule has 0 N–H and O–H groups in total. The van der Waals surface area contributed by atoms with E-state index in [0.29, 0.717) is 0 Å². The van der Waals surface area contributed by atoms with Gasteiger partial charge >= 0.3 is 0 Å². The molecule has 1 nitrogen and oxygen atoms in total. The van der Waals surface area contributed by atoms with Gasteiger partial charge in [-0.05, 0) is 42.0 Å². The van der Waals surface area contributed by atoms with Gasteiger partial charge in [0.05, 0.1) is 0 Å². The molecule has 1 aliphatic rings. The van der Waals surface area contributed by atoms with Crippen LogP contribution >= 0.6 is 0 Å². The first-order valence-electron chi connectivity index (χ1n) is 8.46. The molecule has 0 heterocycles. The Morgan fingerprint density at radius 1 is 1.18 bits per heavy atom. The molecule has 0 saturated heterocycles. The van der Waals surface area contributed by atoms with E-state index in [1.165, 1.54) is 48.0 Å². The van der Waals surface area contributed by atoms with Crippen molar-refractivity contribution >= 4 is 12.3 Å². The number of benzene rings is 1. The van der Waals surface area contributed by atoms with Crippen molar-refractivity contribution < 1.29 is 0 Å². The predicted octanol–water partition coefficient (Wildman–Crippen LogP) is 5.78. The van der Waals surface area contributed by atoms with Gasteiger partial charge < -0.3 is 0 Å². The Bertz CT molecular complexity index is 588. The maximum absolute atomic E-state index is 4.64. The van der Waals surface area contributed by atoms with Crippen molar-refractivity contribution in [2.45, 2.75) is 46.0 Å². The van der Waals surface area contributed by atoms with Gasteiger partial charge in [0.2, 0.25) is 0 Å². The summed E-state index contributed by atoms with van der Waals surface area (Å²) in [5, 5.41) is 0. The van der Waals surface area contributed by atoms with Gasteiger partial charge in [0, 0.05) is 12.8 Å².